The standard InChI is InChI=1S/C14H22N2O.ClH/c1-11-5-4-6-13(9-11)7-8-14(17)16-10-12(2)15-3;/h4-6,9,12,15H,7-8,10H2,1-3H3,(H,16,17);1H. The summed E-state index contributed by atoms with van der Waals surface area (Å²) >= 11 is 0. The molecule has 0 aliphatic rings. The highest BCUT2D eigenvalue weighted by Crippen LogP contribution is 2.06. The van der Waals surface area contributed by atoms with Gasteiger partial charge in [-0.2, -0.15) is 0 Å². The predicted octanol–water partition coefficient (Wildman–Crippen LogP) is 2.07. The topological polar surface area (TPSA) is 41.1 Å². The average Bonchev–Trinajstić information content (AvgIpc) is 2.33. The normalized spacial score (nSPS) is 11.5. The molecule has 1 rings (SSSR count). The van der Waals surface area contributed by atoms with Crippen LogP contribution in [0.1, 0.15) is 24.5 Å². The van der Waals surface area contributed by atoms with Crippen molar-refractivity contribution in [2.75, 3.05) is 13.6 Å². The third-order valence-electron chi connectivity index (χ3n) is 2.82. The van der Waals surface area contributed by atoms with E-state index in [1.54, 1.807) is 0 Å². The second-order valence-corrected chi connectivity index (χ2v) is 4.48. The highest BCUT2D eigenvalue weighted by molar-refractivity contribution is 5.85. The van der Waals surface area contributed by atoms with Crippen LogP contribution < -0.4 is 10.6 Å². The molecule has 0 aromatic heterocycles. The van der Waals surface area contributed by atoms with E-state index >= 15 is 0 Å². The Kier molecular flexibility index (Phi) is 8.42. The second kappa shape index (κ2) is 8.95. The van der Waals surface area contributed by atoms with Gasteiger partial charge in [-0.15, -0.1) is 12.4 Å². The van der Waals surface area contributed by atoms with Gasteiger partial charge in [-0.3, -0.25) is 4.79 Å². The van der Waals surface area contributed by atoms with E-state index in [-0.39, 0.29) is 18.3 Å². The van der Waals surface area contributed by atoms with E-state index in [1.807, 2.05) is 20.0 Å². The number of nitrogens with one attached hydrogen (secondary N) is 2. The van der Waals surface area contributed by atoms with Gasteiger partial charge in [-0.25, -0.2) is 0 Å². The molecule has 1 atom stereocenters. The fraction of sp³-hybridized carbons (Fsp3) is 0.500. The summed E-state index contributed by atoms with van der Waals surface area (Å²) in [6, 6.07) is 8.61. The minimum atomic E-state index is 0. The number of halogens is 1. The Bertz CT molecular complexity index is 369. The predicted molar refractivity (Wildman–Crippen MR) is 78.3 cm³/mol. The number of rotatable bonds is 6. The summed E-state index contributed by atoms with van der Waals surface area (Å²) in [7, 11) is 1.89. The van der Waals surface area contributed by atoms with Gasteiger partial charge >= 0.3 is 0 Å². The zero-order valence-corrected chi connectivity index (χ0v) is 12.1. The van der Waals surface area contributed by atoms with Gasteiger partial charge < -0.3 is 10.6 Å². The minimum absolute atomic E-state index is 0. The average molecular weight is 271 g/mol. The number of hydrogen-bond donors (Lipinski definition) is 2. The number of amides is 1. The SMILES string of the molecule is CNC(C)CNC(=O)CCc1cccc(C)c1.Cl. The first-order chi connectivity index (χ1) is 8.11. The van der Waals surface area contributed by atoms with E-state index in [0.29, 0.717) is 19.0 Å². The van der Waals surface area contributed by atoms with Crippen molar-refractivity contribution in [1.29, 1.82) is 0 Å². The molecular formula is C14H23ClN2O. The van der Waals surface area contributed by atoms with Crippen LogP contribution in [0.2, 0.25) is 0 Å². The molecule has 0 fully saturated rings. The Balaban J connectivity index is 0.00000289. The van der Waals surface area contributed by atoms with Crippen molar-refractivity contribution in [3.63, 3.8) is 0 Å². The molecule has 0 bridgehead atoms. The summed E-state index contributed by atoms with van der Waals surface area (Å²) in [5.74, 6) is 0.119. The van der Waals surface area contributed by atoms with E-state index in [0.717, 1.165) is 6.42 Å². The van der Waals surface area contributed by atoms with Crippen molar-refractivity contribution >= 4 is 18.3 Å². The van der Waals surface area contributed by atoms with E-state index in [4.69, 9.17) is 0 Å². The fourth-order valence-corrected chi connectivity index (χ4v) is 1.58. The molecule has 4 heteroatoms. The molecule has 0 radical (unpaired) electrons. The van der Waals surface area contributed by atoms with E-state index in [1.165, 1.54) is 11.1 Å². The van der Waals surface area contributed by atoms with Crippen LogP contribution in [-0.4, -0.2) is 25.5 Å². The lowest BCUT2D eigenvalue weighted by Gasteiger charge is -2.11. The van der Waals surface area contributed by atoms with Crippen molar-refractivity contribution in [3.8, 4) is 0 Å². The molecule has 1 unspecified atom stereocenters. The number of likely N-dealkylation sites (N-methyl/N-ethyl adjacent to an activating group) is 1. The Morgan fingerprint density at radius 1 is 1.39 bits per heavy atom. The molecule has 0 saturated heterocycles. The maximum atomic E-state index is 11.6. The summed E-state index contributed by atoms with van der Waals surface area (Å²) in [5.41, 5.74) is 2.47. The molecule has 0 aliphatic carbocycles. The Morgan fingerprint density at radius 3 is 2.72 bits per heavy atom. The van der Waals surface area contributed by atoms with Gasteiger partial charge in [0.2, 0.25) is 5.91 Å². The first-order valence-corrected chi connectivity index (χ1v) is 6.11. The molecule has 102 valence electrons. The molecule has 1 aromatic rings. The fourth-order valence-electron chi connectivity index (χ4n) is 1.58. The van der Waals surface area contributed by atoms with Crippen LogP contribution in [0.15, 0.2) is 24.3 Å². The Labute approximate surface area is 116 Å². The minimum Gasteiger partial charge on any atom is -0.355 e. The number of benzene rings is 1. The van der Waals surface area contributed by atoms with E-state index < -0.39 is 0 Å². The maximum absolute atomic E-state index is 11.6. The van der Waals surface area contributed by atoms with Crippen LogP contribution >= 0.6 is 12.4 Å². The van der Waals surface area contributed by atoms with Crippen LogP contribution in [0, 0.1) is 6.92 Å². The van der Waals surface area contributed by atoms with Crippen molar-refractivity contribution in [2.45, 2.75) is 32.7 Å². The maximum Gasteiger partial charge on any atom is 0.220 e. The molecule has 3 nitrogen and oxygen atoms in total. The van der Waals surface area contributed by atoms with Gasteiger partial charge in [0.05, 0.1) is 0 Å². The van der Waals surface area contributed by atoms with Crippen LogP contribution in [0.4, 0.5) is 0 Å². The van der Waals surface area contributed by atoms with Crippen molar-refractivity contribution < 1.29 is 4.79 Å². The number of hydrogen-bond acceptors (Lipinski definition) is 2. The monoisotopic (exact) mass is 270 g/mol. The third-order valence-corrected chi connectivity index (χ3v) is 2.82. The second-order valence-electron chi connectivity index (χ2n) is 4.48. The number of carbonyl (C=O) groups is 1. The lowest BCUT2D eigenvalue weighted by Crippen LogP contribution is -2.37. The molecule has 1 amide bonds. The van der Waals surface area contributed by atoms with E-state index in [9.17, 15) is 4.79 Å². The molecular weight excluding hydrogens is 248 g/mol. The Hall–Kier alpha value is -1.06. The Morgan fingerprint density at radius 2 is 2.11 bits per heavy atom. The number of aryl methyl sites for hydroxylation is 2. The van der Waals surface area contributed by atoms with Gasteiger partial charge in [-0.05, 0) is 32.9 Å². The van der Waals surface area contributed by atoms with Crippen molar-refractivity contribution in [3.05, 3.63) is 35.4 Å². The summed E-state index contributed by atoms with van der Waals surface area (Å²) in [6.07, 6.45) is 1.36. The van der Waals surface area contributed by atoms with Gasteiger partial charge in [0.1, 0.15) is 0 Å². The van der Waals surface area contributed by atoms with Gasteiger partial charge in [0, 0.05) is 19.0 Å². The van der Waals surface area contributed by atoms with E-state index in [2.05, 4.69) is 35.8 Å². The largest absolute Gasteiger partial charge is 0.355 e. The molecule has 2 N–H and O–H groups in total. The van der Waals surface area contributed by atoms with Crippen LogP contribution in [0.25, 0.3) is 0 Å². The summed E-state index contributed by atoms with van der Waals surface area (Å²) < 4.78 is 0. The first kappa shape index (κ1) is 16.9. The first-order valence-electron chi connectivity index (χ1n) is 6.11. The van der Waals surface area contributed by atoms with Crippen LogP contribution in [-0.2, 0) is 11.2 Å². The summed E-state index contributed by atoms with van der Waals surface area (Å²) in [5, 5.41) is 6.00. The van der Waals surface area contributed by atoms with Crippen LogP contribution in [0.5, 0.6) is 0 Å². The summed E-state index contributed by atoms with van der Waals surface area (Å²) in [4.78, 5) is 11.6. The molecule has 1 aromatic carbocycles. The molecule has 0 spiro atoms. The molecule has 0 saturated carbocycles. The van der Waals surface area contributed by atoms with Gasteiger partial charge in [-0.1, -0.05) is 29.8 Å². The lowest BCUT2D eigenvalue weighted by molar-refractivity contribution is -0.121. The highest BCUT2D eigenvalue weighted by Gasteiger charge is 2.04. The van der Waals surface area contributed by atoms with Crippen molar-refractivity contribution in [2.24, 2.45) is 0 Å². The van der Waals surface area contributed by atoms with Gasteiger partial charge in [0.25, 0.3) is 0 Å². The highest BCUT2D eigenvalue weighted by atomic mass is 35.5. The summed E-state index contributed by atoms with van der Waals surface area (Å²) in [6.45, 7) is 4.79. The quantitative estimate of drug-likeness (QED) is 0.831. The zero-order chi connectivity index (χ0) is 12.7. The van der Waals surface area contributed by atoms with Gasteiger partial charge in [0.15, 0.2) is 0 Å². The zero-order valence-electron chi connectivity index (χ0n) is 11.3. The molecule has 18 heavy (non-hydrogen) atoms. The van der Waals surface area contributed by atoms with Crippen molar-refractivity contribution in [1.82, 2.24) is 10.6 Å². The third kappa shape index (κ3) is 6.62. The molecule has 0 aliphatic heterocycles. The number of carbonyl (C=O) groups excluding carboxylic acids is 1. The molecule has 0 heterocycles. The van der Waals surface area contributed by atoms with Crippen LogP contribution in [0.3, 0.4) is 0 Å². The lowest BCUT2D eigenvalue weighted by atomic mass is 10.1. The smallest absolute Gasteiger partial charge is 0.220 e.